The summed E-state index contributed by atoms with van der Waals surface area (Å²) in [5.74, 6) is -0.00226. The number of allylic oxidation sites excluding steroid dienone is 1. The molecule has 0 saturated carbocycles. The molecule has 26 heavy (non-hydrogen) atoms. The van der Waals surface area contributed by atoms with Crippen LogP contribution in [0.3, 0.4) is 0 Å². The van der Waals surface area contributed by atoms with Crippen LogP contribution in [0.4, 0.5) is 4.79 Å². The third-order valence-electron chi connectivity index (χ3n) is 3.79. The van der Waals surface area contributed by atoms with Crippen LogP contribution in [-0.4, -0.2) is 25.2 Å². The second-order valence-electron chi connectivity index (χ2n) is 6.48. The number of rotatable bonds is 5. The molecular formula is C18H22Br2N2O4. The molecule has 0 aromatic heterocycles. The number of hydrogen-bond acceptors (Lipinski definition) is 4. The van der Waals surface area contributed by atoms with Crippen molar-refractivity contribution in [3.05, 3.63) is 37.9 Å². The molecule has 1 aromatic rings. The number of nitrogens with one attached hydrogen (secondary N) is 2. The summed E-state index contributed by atoms with van der Waals surface area (Å²) >= 11 is 6.92. The fourth-order valence-electron chi connectivity index (χ4n) is 2.79. The van der Waals surface area contributed by atoms with E-state index in [4.69, 9.17) is 9.47 Å². The third-order valence-corrected chi connectivity index (χ3v) is 4.84. The molecule has 2 rings (SSSR count). The quantitative estimate of drug-likeness (QED) is 0.599. The monoisotopic (exact) mass is 488 g/mol. The fraction of sp³-hybridized carbons (Fsp3) is 0.444. The van der Waals surface area contributed by atoms with E-state index in [1.165, 1.54) is 0 Å². The molecule has 1 unspecified atom stereocenters. The molecule has 0 spiro atoms. The lowest BCUT2D eigenvalue weighted by Gasteiger charge is -2.32. The van der Waals surface area contributed by atoms with E-state index in [9.17, 15) is 9.59 Å². The van der Waals surface area contributed by atoms with Crippen molar-refractivity contribution in [3.63, 3.8) is 0 Å². The molecule has 1 atom stereocenters. The summed E-state index contributed by atoms with van der Waals surface area (Å²) in [6, 6.07) is 2.58. The molecule has 8 heteroatoms. The molecule has 0 radical (unpaired) electrons. The van der Waals surface area contributed by atoms with E-state index in [0.717, 1.165) is 4.47 Å². The van der Waals surface area contributed by atoms with Crippen molar-refractivity contribution < 1.29 is 19.1 Å². The van der Waals surface area contributed by atoms with Crippen LogP contribution in [-0.2, 0) is 9.53 Å². The summed E-state index contributed by atoms with van der Waals surface area (Å²) in [6.45, 7) is 7.39. The third kappa shape index (κ3) is 4.40. The molecule has 1 aromatic carbocycles. The maximum atomic E-state index is 12.8. The Labute approximate surface area is 170 Å². The van der Waals surface area contributed by atoms with Gasteiger partial charge in [-0.3, -0.25) is 0 Å². The van der Waals surface area contributed by atoms with Gasteiger partial charge in [-0.15, -0.1) is 0 Å². The lowest BCUT2D eigenvalue weighted by molar-refractivity contribution is -0.143. The number of halogens is 2. The van der Waals surface area contributed by atoms with E-state index in [-0.39, 0.29) is 18.1 Å². The summed E-state index contributed by atoms with van der Waals surface area (Å²) in [5, 5.41) is 5.57. The number of benzene rings is 1. The Bertz CT molecular complexity index is 760. The Morgan fingerprint density at radius 2 is 1.85 bits per heavy atom. The summed E-state index contributed by atoms with van der Waals surface area (Å²) < 4.78 is 12.4. The lowest BCUT2D eigenvalue weighted by atomic mass is 9.91. The SMILES string of the molecule is COc1c(Br)cc(Br)cc1C1NC(=O)NC(C(C)C)=C1C(=O)OC(C)C. The van der Waals surface area contributed by atoms with Gasteiger partial charge in [-0.1, -0.05) is 29.8 Å². The van der Waals surface area contributed by atoms with Crippen LogP contribution in [0.2, 0.25) is 0 Å². The Morgan fingerprint density at radius 1 is 1.19 bits per heavy atom. The molecule has 1 heterocycles. The van der Waals surface area contributed by atoms with Crippen molar-refractivity contribution in [1.82, 2.24) is 10.6 Å². The topological polar surface area (TPSA) is 76.7 Å². The van der Waals surface area contributed by atoms with Crippen LogP contribution >= 0.6 is 31.9 Å². The van der Waals surface area contributed by atoms with Gasteiger partial charge in [-0.25, -0.2) is 9.59 Å². The van der Waals surface area contributed by atoms with E-state index in [1.807, 2.05) is 26.0 Å². The minimum absolute atomic E-state index is 0.0696. The van der Waals surface area contributed by atoms with Crippen molar-refractivity contribution >= 4 is 43.9 Å². The molecule has 1 aliphatic rings. The Balaban J connectivity index is 2.69. The smallest absolute Gasteiger partial charge is 0.338 e. The van der Waals surface area contributed by atoms with Crippen molar-refractivity contribution in [2.75, 3.05) is 7.11 Å². The Kier molecular flexibility index (Phi) is 6.74. The standard InChI is InChI=1S/C18H22Br2N2O4/c1-8(2)14-13(17(23)26-9(3)4)15(22-18(24)21-14)11-6-10(19)7-12(20)16(11)25-5/h6-9,15H,1-5H3,(H2,21,22,24). The molecule has 1 aliphatic heterocycles. The zero-order chi connectivity index (χ0) is 19.6. The second kappa shape index (κ2) is 8.43. The Morgan fingerprint density at radius 3 is 2.38 bits per heavy atom. The number of carbonyl (C=O) groups excluding carboxylic acids is 2. The van der Waals surface area contributed by atoms with E-state index in [0.29, 0.717) is 27.1 Å². The first kappa shape index (κ1) is 20.8. The highest BCUT2D eigenvalue weighted by Crippen LogP contribution is 2.40. The zero-order valence-electron chi connectivity index (χ0n) is 15.3. The van der Waals surface area contributed by atoms with Gasteiger partial charge in [0.2, 0.25) is 0 Å². The number of esters is 1. The molecule has 2 N–H and O–H groups in total. The number of methoxy groups -OCH3 is 1. The number of hydrogen-bond donors (Lipinski definition) is 2. The highest BCUT2D eigenvalue weighted by atomic mass is 79.9. The average Bonchev–Trinajstić information content (AvgIpc) is 2.52. The maximum Gasteiger partial charge on any atom is 0.338 e. The maximum absolute atomic E-state index is 12.8. The molecule has 0 bridgehead atoms. The average molecular weight is 490 g/mol. The molecular weight excluding hydrogens is 468 g/mol. The van der Waals surface area contributed by atoms with Gasteiger partial charge < -0.3 is 20.1 Å². The molecule has 2 amide bonds. The minimum atomic E-state index is -0.698. The van der Waals surface area contributed by atoms with Crippen molar-refractivity contribution in [2.24, 2.45) is 5.92 Å². The largest absolute Gasteiger partial charge is 0.495 e. The van der Waals surface area contributed by atoms with Crippen LogP contribution in [0.1, 0.15) is 39.3 Å². The molecule has 0 aliphatic carbocycles. The van der Waals surface area contributed by atoms with Crippen LogP contribution in [0.25, 0.3) is 0 Å². The molecule has 0 fully saturated rings. The molecule has 142 valence electrons. The van der Waals surface area contributed by atoms with Gasteiger partial charge in [0.1, 0.15) is 5.75 Å². The van der Waals surface area contributed by atoms with Gasteiger partial charge >= 0.3 is 12.0 Å². The normalized spacial score (nSPS) is 17.3. The molecule has 0 saturated heterocycles. The highest BCUT2D eigenvalue weighted by molar-refractivity contribution is 9.11. The predicted molar refractivity (Wildman–Crippen MR) is 106 cm³/mol. The fourth-order valence-corrected chi connectivity index (χ4v) is 4.21. The van der Waals surface area contributed by atoms with Crippen molar-refractivity contribution in [2.45, 2.75) is 39.8 Å². The number of carbonyl (C=O) groups is 2. The molecule has 6 nitrogen and oxygen atoms in total. The predicted octanol–water partition coefficient (Wildman–Crippen LogP) is 4.44. The van der Waals surface area contributed by atoms with E-state index in [2.05, 4.69) is 42.5 Å². The van der Waals surface area contributed by atoms with Crippen LogP contribution in [0, 0.1) is 5.92 Å². The van der Waals surface area contributed by atoms with Gasteiger partial charge in [-0.05, 0) is 47.8 Å². The van der Waals surface area contributed by atoms with Gasteiger partial charge in [0.15, 0.2) is 0 Å². The Hall–Kier alpha value is -1.54. The number of amides is 2. The first-order valence-corrected chi connectivity index (χ1v) is 9.79. The first-order chi connectivity index (χ1) is 12.1. The van der Waals surface area contributed by atoms with Gasteiger partial charge in [0.05, 0.1) is 29.3 Å². The number of ether oxygens (including phenoxy) is 2. The number of urea groups is 1. The van der Waals surface area contributed by atoms with E-state index in [1.54, 1.807) is 21.0 Å². The van der Waals surface area contributed by atoms with Crippen LogP contribution in [0.5, 0.6) is 5.75 Å². The second-order valence-corrected chi connectivity index (χ2v) is 8.25. The van der Waals surface area contributed by atoms with Crippen molar-refractivity contribution in [1.29, 1.82) is 0 Å². The van der Waals surface area contributed by atoms with Gasteiger partial charge in [0, 0.05) is 15.7 Å². The summed E-state index contributed by atoms with van der Waals surface area (Å²) in [4.78, 5) is 25.1. The van der Waals surface area contributed by atoms with Gasteiger partial charge in [0.25, 0.3) is 0 Å². The lowest BCUT2D eigenvalue weighted by Crippen LogP contribution is -2.47. The zero-order valence-corrected chi connectivity index (χ0v) is 18.4. The van der Waals surface area contributed by atoms with Crippen LogP contribution < -0.4 is 15.4 Å². The first-order valence-electron chi connectivity index (χ1n) is 8.21. The van der Waals surface area contributed by atoms with E-state index >= 15 is 0 Å². The summed E-state index contributed by atoms with van der Waals surface area (Å²) in [5.41, 5.74) is 1.57. The summed E-state index contributed by atoms with van der Waals surface area (Å²) in [6.07, 6.45) is -0.280. The van der Waals surface area contributed by atoms with Crippen LogP contribution in [0.15, 0.2) is 32.3 Å². The van der Waals surface area contributed by atoms with Crippen molar-refractivity contribution in [3.8, 4) is 5.75 Å². The minimum Gasteiger partial charge on any atom is -0.495 e. The summed E-state index contributed by atoms with van der Waals surface area (Å²) in [7, 11) is 1.54. The van der Waals surface area contributed by atoms with E-state index < -0.39 is 12.0 Å². The van der Waals surface area contributed by atoms with Gasteiger partial charge in [-0.2, -0.15) is 0 Å². The highest BCUT2D eigenvalue weighted by Gasteiger charge is 2.37.